The molecule has 1 fully saturated rings. The van der Waals surface area contributed by atoms with Crippen molar-refractivity contribution < 1.29 is 8.42 Å². The average Bonchev–Trinajstić information content (AvgIpc) is 2.92. The predicted molar refractivity (Wildman–Crippen MR) is 81.3 cm³/mol. The first-order valence-corrected chi connectivity index (χ1v) is 8.86. The minimum absolute atomic E-state index is 0.121. The number of sulfonamides is 1. The number of benzene rings is 1. The van der Waals surface area contributed by atoms with Gasteiger partial charge in [0.05, 0.1) is 4.90 Å². The van der Waals surface area contributed by atoms with E-state index in [-0.39, 0.29) is 6.04 Å². The maximum absolute atomic E-state index is 12.2. The summed E-state index contributed by atoms with van der Waals surface area (Å²) in [6, 6.07) is 7.38. The highest BCUT2D eigenvalue weighted by molar-refractivity contribution is 7.89. The van der Waals surface area contributed by atoms with Gasteiger partial charge in [-0.25, -0.2) is 13.1 Å². The molecule has 0 bridgehead atoms. The molecule has 0 aliphatic heterocycles. The number of hydrogen-bond donors (Lipinski definition) is 2. The smallest absolute Gasteiger partial charge is 0.240 e. The first kappa shape index (κ1) is 15.5. The molecule has 0 amide bonds. The van der Waals surface area contributed by atoms with Crippen molar-refractivity contribution in [3.8, 4) is 0 Å². The van der Waals surface area contributed by atoms with Crippen molar-refractivity contribution >= 4 is 10.0 Å². The lowest BCUT2D eigenvalue weighted by molar-refractivity contribution is 0.552. The zero-order valence-electron chi connectivity index (χ0n) is 12.1. The summed E-state index contributed by atoms with van der Waals surface area (Å²) in [5, 5.41) is 3.11. The number of nitrogens with one attached hydrogen (secondary N) is 2. The van der Waals surface area contributed by atoms with Crippen LogP contribution in [-0.4, -0.2) is 28.1 Å². The van der Waals surface area contributed by atoms with Gasteiger partial charge in [-0.2, -0.15) is 0 Å². The lowest BCUT2D eigenvalue weighted by Gasteiger charge is -2.12. The van der Waals surface area contributed by atoms with Crippen LogP contribution < -0.4 is 10.0 Å². The Balaban J connectivity index is 1.97. The van der Waals surface area contributed by atoms with E-state index in [4.69, 9.17) is 0 Å². The Morgan fingerprint density at radius 3 is 2.40 bits per heavy atom. The van der Waals surface area contributed by atoms with Crippen LogP contribution >= 0.6 is 0 Å². The van der Waals surface area contributed by atoms with Gasteiger partial charge in [0, 0.05) is 6.04 Å². The maximum atomic E-state index is 12.2. The van der Waals surface area contributed by atoms with Crippen LogP contribution in [0.25, 0.3) is 0 Å². The topological polar surface area (TPSA) is 58.2 Å². The normalized spacial score (nSPS) is 16.6. The zero-order chi connectivity index (χ0) is 14.4. The second-order valence-electron chi connectivity index (χ2n) is 5.45. The van der Waals surface area contributed by atoms with Gasteiger partial charge in [-0.1, -0.05) is 25.0 Å². The Morgan fingerprint density at radius 2 is 1.80 bits per heavy atom. The molecule has 0 atom stereocenters. The van der Waals surface area contributed by atoms with Crippen molar-refractivity contribution in [2.45, 2.75) is 49.5 Å². The van der Waals surface area contributed by atoms with Crippen LogP contribution in [0.5, 0.6) is 0 Å². The Hall–Kier alpha value is -0.910. The molecule has 5 heteroatoms. The van der Waals surface area contributed by atoms with Gasteiger partial charge in [0.15, 0.2) is 0 Å². The van der Waals surface area contributed by atoms with E-state index in [0.29, 0.717) is 4.90 Å². The zero-order valence-corrected chi connectivity index (χ0v) is 12.9. The molecule has 1 aromatic carbocycles. The van der Waals surface area contributed by atoms with Gasteiger partial charge in [-0.15, -0.1) is 0 Å². The molecule has 0 radical (unpaired) electrons. The second kappa shape index (κ2) is 7.20. The molecule has 2 rings (SSSR count). The van der Waals surface area contributed by atoms with E-state index in [1.165, 1.54) is 5.56 Å². The summed E-state index contributed by atoms with van der Waals surface area (Å²) in [5.74, 6) is 0. The summed E-state index contributed by atoms with van der Waals surface area (Å²) in [6.07, 6.45) is 6.19. The quantitative estimate of drug-likeness (QED) is 0.757. The third-order valence-corrected chi connectivity index (χ3v) is 5.34. The molecule has 0 aromatic heterocycles. The Bertz CT molecular complexity index is 505. The lowest BCUT2D eigenvalue weighted by atomic mass is 10.1. The Labute approximate surface area is 122 Å². The molecule has 0 spiro atoms. The van der Waals surface area contributed by atoms with E-state index >= 15 is 0 Å². The molecule has 2 N–H and O–H groups in total. The first-order valence-electron chi connectivity index (χ1n) is 7.38. The maximum Gasteiger partial charge on any atom is 0.240 e. The molecule has 112 valence electrons. The van der Waals surface area contributed by atoms with E-state index in [1.54, 1.807) is 12.1 Å². The molecule has 1 aromatic rings. The molecule has 20 heavy (non-hydrogen) atoms. The lowest BCUT2D eigenvalue weighted by Crippen LogP contribution is -2.32. The molecule has 0 saturated heterocycles. The monoisotopic (exact) mass is 296 g/mol. The van der Waals surface area contributed by atoms with Gasteiger partial charge in [-0.3, -0.25) is 0 Å². The summed E-state index contributed by atoms with van der Waals surface area (Å²) in [6.45, 7) is 0.975. The predicted octanol–water partition coefficient (Wildman–Crippen LogP) is 2.06. The van der Waals surface area contributed by atoms with Crippen LogP contribution in [0.4, 0.5) is 0 Å². The van der Waals surface area contributed by atoms with Crippen LogP contribution in [0.3, 0.4) is 0 Å². The molecule has 1 aliphatic rings. The molecular weight excluding hydrogens is 272 g/mol. The van der Waals surface area contributed by atoms with Gasteiger partial charge in [0.2, 0.25) is 10.0 Å². The Morgan fingerprint density at radius 1 is 1.15 bits per heavy atom. The highest BCUT2D eigenvalue weighted by Crippen LogP contribution is 2.20. The summed E-state index contributed by atoms with van der Waals surface area (Å²) in [7, 11) is -1.41. The molecule has 1 saturated carbocycles. The van der Waals surface area contributed by atoms with E-state index in [9.17, 15) is 8.42 Å². The SMILES string of the molecule is CNCCCc1ccc(S(=O)(=O)NC2CCCC2)cc1. The van der Waals surface area contributed by atoms with E-state index in [0.717, 1.165) is 45.1 Å². The first-order chi connectivity index (χ1) is 9.62. The van der Waals surface area contributed by atoms with Crippen molar-refractivity contribution in [2.24, 2.45) is 0 Å². The van der Waals surface area contributed by atoms with Crippen molar-refractivity contribution in [3.63, 3.8) is 0 Å². The van der Waals surface area contributed by atoms with Crippen molar-refractivity contribution in [1.29, 1.82) is 0 Å². The molecule has 4 nitrogen and oxygen atoms in total. The van der Waals surface area contributed by atoms with Crippen LogP contribution in [0, 0.1) is 0 Å². The van der Waals surface area contributed by atoms with Crippen molar-refractivity contribution in [1.82, 2.24) is 10.0 Å². The van der Waals surface area contributed by atoms with Crippen LogP contribution in [0.15, 0.2) is 29.2 Å². The summed E-state index contributed by atoms with van der Waals surface area (Å²) in [4.78, 5) is 0.377. The number of rotatable bonds is 7. The van der Waals surface area contributed by atoms with E-state index < -0.39 is 10.0 Å². The summed E-state index contributed by atoms with van der Waals surface area (Å²) < 4.78 is 27.3. The summed E-state index contributed by atoms with van der Waals surface area (Å²) >= 11 is 0. The van der Waals surface area contributed by atoms with E-state index in [2.05, 4.69) is 10.0 Å². The molecule has 1 aliphatic carbocycles. The third-order valence-electron chi connectivity index (χ3n) is 3.80. The molecular formula is C15H24N2O2S. The van der Waals surface area contributed by atoms with Gasteiger partial charge < -0.3 is 5.32 Å². The summed E-state index contributed by atoms with van der Waals surface area (Å²) in [5.41, 5.74) is 1.18. The fraction of sp³-hybridized carbons (Fsp3) is 0.600. The average molecular weight is 296 g/mol. The fourth-order valence-corrected chi connectivity index (χ4v) is 3.94. The van der Waals surface area contributed by atoms with Crippen LogP contribution in [0.2, 0.25) is 0 Å². The fourth-order valence-electron chi connectivity index (χ4n) is 2.64. The van der Waals surface area contributed by atoms with Gasteiger partial charge in [0.25, 0.3) is 0 Å². The van der Waals surface area contributed by atoms with Gasteiger partial charge in [-0.05, 0) is 57.0 Å². The highest BCUT2D eigenvalue weighted by Gasteiger charge is 2.22. The standard InChI is InChI=1S/C15H24N2O2S/c1-16-12-4-5-13-8-10-15(11-9-13)20(18,19)17-14-6-2-3-7-14/h8-11,14,16-17H,2-7,12H2,1H3. The third kappa shape index (κ3) is 4.30. The minimum Gasteiger partial charge on any atom is -0.320 e. The largest absolute Gasteiger partial charge is 0.320 e. The van der Waals surface area contributed by atoms with Crippen molar-refractivity contribution in [3.05, 3.63) is 29.8 Å². The van der Waals surface area contributed by atoms with E-state index in [1.807, 2.05) is 19.2 Å². The van der Waals surface area contributed by atoms with Crippen LogP contribution in [-0.2, 0) is 16.4 Å². The second-order valence-corrected chi connectivity index (χ2v) is 7.17. The van der Waals surface area contributed by atoms with Gasteiger partial charge >= 0.3 is 0 Å². The Kier molecular flexibility index (Phi) is 5.57. The van der Waals surface area contributed by atoms with Gasteiger partial charge in [0.1, 0.15) is 0 Å². The molecule has 0 heterocycles. The highest BCUT2D eigenvalue weighted by atomic mass is 32.2. The number of hydrogen-bond acceptors (Lipinski definition) is 3. The number of aryl methyl sites for hydroxylation is 1. The van der Waals surface area contributed by atoms with Crippen LogP contribution in [0.1, 0.15) is 37.7 Å². The van der Waals surface area contributed by atoms with Crippen molar-refractivity contribution in [2.75, 3.05) is 13.6 Å². The minimum atomic E-state index is -3.35. The molecule has 0 unspecified atom stereocenters.